The molecule has 0 bridgehead atoms. The maximum atomic E-state index is 12.3. The lowest BCUT2D eigenvalue weighted by atomic mass is 10.1. The van der Waals surface area contributed by atoms with E-state index < -0.39 is 0 Å². The lowest BCUT2D eigenvalue weighted by Gasteiger charge is -2.12. The molecule has 0 saturated carbocycles. The fourth-order valence-electron chi connectivity index (χ4n) is 2.78. The van der Waals surface area contributed by atoms with Crippen molar-refractivity contribution in [3.05, 3.63) is 64.7 Å². The minimum absolute atomic E-state index is 0.103. The SMILES string of the molecule is Cc1cc(C)cc(CSCC(=O)Nc2ccccc2C(=O)NCC(C)C)c1. The maximum Gasteiger partial charge on any atom is 0.253 e. The molecule has 0 aliphatic rings. The van der Waals surface area contributed by atoms with Crippen LogP contribution in [-0.2, 0) is 10.5 Å². The van der Waals surface area contributed by atoms with Crippen LogP contribution in [0.1, 0.15) is 40.9 Å². The minimum Gasteiger partial charge on any atom is -0.352 e. The van der Waals surface area contributed by atoms with E-state index in [1.165, 1.54) is 16.7 Å². The summed E-state index contributed by atoms with van der Waals surface area (Å²) in [5.41, 5.74) is 4.73. The molecule has 0 atom stereocenters. The van der Waals surface area contributed by atoms with Crippen LogP contribution in [0.5, 0.6) is 0 Å². The Morgan fingerprint density at radius 1 is 1.04 bits per heavy atom. The summed E-state index contributed by atoms with van der Waals surface area (Å²) in [7, 11) is 0. The molecule has 0 spiro atoms. The molecule has 2 N–H and O–H groups in total. The molecule has 0 radical (unpaired) electrons. The van der Waals surface area contributed by atoms with Gasteiger partial charge in [0.1, 0.15) is 0 Å². The van der Waals surface area contributed by atoms with E-state index in [9.17, 15) is 9.59 Å². The van der Waals surface area contributed by atoms with Crippen LogP contribution in [0.4, 0.5) is 5.69 Å². The largest absolute Gasteiger partial charge is 0.352 e. The molecular formula is C22H28N2O2S. The molecule has 0 aliphatic heterocycles. The lowest BCUT2D eigenvalue weighted by Crippen LogP contribution is -2.28. The van der Waals surface area contributed by atoms with Crippen LogP contribution in [-0.4, -0.2) is 24.1 Å². The number of aryl methyl sites for hydroxylation is 2. The van der Waals surface area contributed by atoms with E-state index in [-0.39, 0.29) is 11.8 Å². The number of carbonyl (C=O) groups is 2. The monoisotopic (exact) mass is 384 g/mol. The smallest absolute Gasteiger partial charge is 0.253 e. The fraction of sp³-hybridized carbons (Fsp3) is 0.364. The Labute approximate surface area is 166 Å². The zero-order valence-corrected chi connectivity index (χ0v) is 17.3. The molecule has 0 unspecified atom stereocenters. The van der Waals surface area contributed by atoms with E-state index >= 15 is 0 Å². The number of thioether (sulfide) groups is 1. The van der Waals surface area contributed by atoms with Gasteiger partial charge in [0.25, 0.3) is 5.91 Å². The van der Waals surface area contributed by atoms with E-state index in [0.717, 1.165) is 5.75 Å². The Morgan fingerprint density at radius 2 is 1.70 bits per heavy atom. The number of nitrogens with one attached hydrogen (secondary N) is 2. The highest BCUT2D eigenvalue weighted by molar-refractivity contribution is 7.99. The first-order valence-electron chi connectivity index (χ1n) is 9.17. The second-order valence-corrected chi connectivity index (χ2v) is 8.17. The number of rotatable bonds is 8. The van der Waals surface area contributed by atoms with Crippen LogP contribution in [0.3, 0.4) is 0 Å². The zero-order chi connectivity index (χ0) is 19.8. The van der Waals surface area contributed by atoms with Crippen LogP contribution >= 0.6 is 11.8 Å². The van der Waals surface area contributed by atoms with Crippen molar-refractivity contribution in [1.82, 2.24) is 5.32 Å². The van der Waals surface area contributed by atoms with Gasteiger partial charge in [-0.25, -0.2) is 0 Å². The van der Waals surface area contributed by atoms with E-state index in [2.05, 4.69) is 42.7 Å². The highest BCUT2D eigenvalue weighted by Crippen LogP contribution is 2.18. The first-order valence-corrected chi connectivity index (χ1v) is 10.3. The third-order valence-electron chi connectivity index (χ3n) is 3.90. The van der Waals surface area contributed by atoms with Crippen LogP contribution < -0.4 is 10.6 Å². The summed E-state index contributed by atoms with van der Waals surface area (Å²) < 4.78 is 0. The molecule has 0 fully saturated rings. The zero-order valence-electron chi connectivity index (χ0n) is 16.5. The van der Waals surface area contributed by atoms with E-state index in [1.807, 2.05) is 19.9 Å². The van der Waals surface area contributed by atoms with Gasteiger partial charge in [-0.15, -0.1) is 11.8 Å². The van der Waals surface area contributed by atoms with Gasteiger partial charge in [0.15, 0.2) is 0 Å². The van der Waals surface area contributed by atoms with Crippen molar-refractivity contribution in [2.45, 2.75) is 33.4 Å². The van der Waals surface area contributed by atoms with Crippen molar-refractivity contribution in [2.75, 3.05) is 17.6 Å². The number of para-hydroxylation sites is 1. The number of benzene rings is 2. The number of anilines is 1. The molecule has 0 aliphatic carbocycles. The van der Waals surface area contributed by atoms with Gasteiger partial charge in [-0.1, -0.05) is 55.3 Å². The molecule has 27 heavy (non-hydrogen) atoms. The summed E-state index contributed by atoms with van der Waals surface area (Å²) in [4.78, 5) is 24.7. The standard InChI is InChI=1S/C22H28N2O2S/c1-15(2)12-23-22(26)19-7-5-6-8-20(19)24-21(25)14-27-13-18-10-16(3)9-17(4)11-18/h5-11,15H,12-14H2,1-4H3,(H,23,26)(H,24,25). The Bertz CT molecular complexity index is 782. The average molecular weight is 385 g/mol. The van der Waals surface area contributed by atoms with Gasteiger partial charge in [0, 0.05) is 12.3 Å². The van der Waals surface area contributed by atoms with E-state index in [4.69, 9.17) is 0 Å². The Balaban J connectivity index is 1.91. The van der Waals surface area contributed by atoms with Crippen LogP contribution in [0, 0.1) is 19.8 Å². The number of amides is 2. The van der Waals surface area contributed by atoms with Crippen molar-refractivity contribution in [1.29, 1.82) is 0 Å². The van der Waals surface area contributed by atoms with Gasteiger partial charge in [0.05, 0.1) is 17.0 Å². The summed E-state index contributed by atoms with van der Waals surface area (Å²) >= 11 is 1.57. The van der Waals surface area contributed by atoms with Crippen molar-refractivity contribution < 1.29 is 9.59 Å². The summed E-state index contributed by atoms with van der Waals surface area (Å²) in [6.07, 6.45) is 0. The molecule has 144 valence electrons. The third-order valence-corrected chi connectivity index (χ3v) is 4.90. The third kappa shape index (κ3) is 7.10. The summed E-state index contributed by atoms with van der Waals surface area (Å²) in [6, 6.07) is 13.5. The van der Waals surface area contributed by atoms with Crippen LogP contribution in [0.15, 0.2) is 42.5 Å². The fourth-order valence-corrected chi connectivity index (χ4v) is 3.54. The number of hydrogen-bond acceptors (Lipinski definition) is 3. The first-order chi connectivity index (χ1) is 12.8. The van der Waals surface area contributed by atoms with Gasteiger partial charge < -0.3 is 10.6 Å². The topological polar surface area (TPSA) is 58.2 Å². The maximum absolute atomic E-state index is 12.3. The van der Waals surface area contributed by atoms with Crippen molar-refractivity contribution in [2.24, 2.45) is 5.92 Å². The van der Waals surface area contributed by atoms with E-state index in [0.29, 0.717) is 29.5 Å². The molecule has 0 heterocycles. The van der Waals surface area contributed by atoms with Gasteiger partial charge in [0.2, 0.25) is 5.91 Å². The predicted molar refractivity (Wildman–Crippen MR) is 114 cm³/mol. The average Bonchev–Trinajstić information content (AvgIpc) is 2.59. The minimum atomic E-state index is -0.164. The second kappa shape index (κ2) is 10.2. The molecular weight excluding hydrogens is 356 g/mol. The molecule has 0 saturated heterocycles. The van der Waals surface area contributed by atoms with Gasteiger partial charge in [-0.2, -0.15) is 0 Å². The first kappa shape index (κ1) is 21.0. The van der Waals surface area contributed by atoms with Crippen LogP contribution in [0.25, 0.3) is 0 Å². The second-order valence-electron chi connectivity index (χ2n) is 7.19. The van der Waals surface area contributed by atoms with Crippen molar-refractivity contribution >= 4 is 29.3 Å². The summed E-state index contributed by atoms with van der Waals surface area (Å²) in [6.45, 7) is 8.85. The summed E-state index contributed by atoms with van der Waals surface area (Å²) in [5.74, 6) is 1.23. The summed E-state index contributed by atoms with van der Waals surface area (Å²) in [5, 5.41) is 5.76. The number of hydrogen-bond donors (Lipinski definition) is 2. The van der Waals surface area contributed by atoms with Gasteiger partial charge in [-0.3, -0.25) is 9.59 Å². The predicted octanol–water partition coefficient (Wildman–Crippen LogP) is 4.56. The van der Waals surface area contributed by atoms with Gasteiger partial charge in [-0.05, 0) is 37.5 Å². The number of carbonyl (C=O) groups excluding carboxylic acids is 2. The highest BCUT2D eigenvalue weighted by Gasteiger charge is 2.13. The Morgan fingerprint density at radius 3 is 2.37 bits per heavy atom. The Hall–Kier alpha value is -2.27. The molecule has 2 amide bonds. The van der Waals surface area contributed by atoms with Gasteiger partial charge >= 0.3 is 0 Å². The molecule has 0 aromatic heterocycles. The Kier molecular flexibility index (Phi) is 7.92. The molecule has 2 rings (SSSR count). The molecule has 5 heteroatoms. The van der Waals surface area contributed by atoms with Crippen LogP contribution in [0.2, 0.25) is 0 Å². The van der Waals surface area contributed by atoms with E-state index in [1.54, 1.807) is 30.0 Å². The molecule has 2 aromatic rings. The van der Waals surface area contributed by atoms with Crippen molar-refractivity contribution in [3.63, 3.8) is 0 Å². The quantitative estimate of drug-likeness (QED) is 0.701. The highest BCUT2D eigenvalue weighted by atomic mass is 32.2. The molecule has 2 aromatic carbocycles. The van der Waals surface area contributed by atoms with Crippen molar-refractivity contribution in [3.8, 4) is 0 Å². The lowest BCUT2D eigenvalue weighted by molar-refractivity contribution is -0.113. The normalized spacial score (nSPS) is 10.7. The molecule has 4 nitrogen and oxygen atoms in total.